The zero-order valence-corrected chi connectivity index (χ0v) is 21.2. The minimum atomic E-state index is -1.12. The SMILES string of the molecule is COc1ccc(/C=C/CCCCOc2ccc(NC(=O)c3cccc(C(=O)O)c3)cc2CCC(=O)O)cc1. The maximum atomic E-state index is 12.6. The summed E-state index contributed by atoms with van der Waals surface area (Å²) in [5.74, 6) is -1.12. The van der Waals surface area contributed by atoms with E-state index in [1.807, 2.05) is 24.3 Å². The Morgan fingerprint density at radius 3 is 2.39 bits per heavy atom. The Bertz CT molecular complexity index is 1280. The number of rotatable bonds is 14. The highest BCUT2D eigenvalue weighted by Crippen LogP contribution is 2.25. The van der Waals surface area contributed by atoms with Gasteiger partial charge in [0.2, 0.25) is 0 Å². The summed E-state index contributed by atoms with van der Waals surface area (Å²) in [6.07, 6.45) is 7.00. The summed E-state index contributed by atoms with van der Waals surface area (Å²) in [7, 11) is 1.64. The average molecular weight is 518 g/mol. The van der Waals surface area contributed by atoms with Gasteiger partial charge in [-0.1, -0.05) is 30.4 Å². The van der Waals surface area contributed by atoms with Crippen molar-refractivity contribution >= 4 is 29.6 Å². The third-order valence-electron chi connectivity index (χ3n) is 5.75. The lowest BCUT2D eigenvalue weighted by molar-refractivity contribution is -0.136. The maximum Gasteiger partial charge on any atom is 0.335 e. The van der Waals surface area contributed by atoms with Crippen molar-refractivity contribution in [3.05, 3.63) is 95.1 Å². The van der Waals surface area contributed by atoms with Crippen molar-refractivity contribution in [3.8, 4) is 11.5 Å². The number of aromatic carboxylic acids is 1. The van der Waals surface area contributed by atoms with Crippen molar-refractivity contribution < 1.29 is 34.1 Å². The molecule has 8 nitrogen and oxygen atoms in total. The van der Waals surface area contributed by atoms with E-state index in [-0.39, 0.29) is 24.0 Å². The van der Waals surface area contributed by atoms with Crippen molar-refractivity contribution in [3.63, 3.8) is 0 Å². The second-order valence-corrected chi connectivity index (χ2v) is 8.58. The number of hydrogen-bond donors (Lipinski definition) is 3. The first-order chi connectivity index (χ1) is 18.4. The van der Waals surface area contributed by atoms with Crippen LogP contribution in [0.4, 0.5) is 5.69 Å². The number of carboxylic acids is 2. The van der Waals surface area contributed by atoms with Crippen LogP contribution in [0.3, 0.4) is 0 Å². The molecule has 1 amide bonds. The standard InChI is InChI=1S/C30H31NO7/c1-37-26-14-10-21(11-15-26)7-4-2-3-5-18-38-27-16-13-25(20-22(27)12-17-28(32)33)31-29(34)23-8-6-9-24(19-23)30(35)36/h4,6-11,13-16,19-20H,2-3,5,12,17-18H2,1H3,(H,31,34)(H,32,33)(H,35,36)/b7-4+. The highest BCUT2D eigenvalue weighted by atomic mass is 16.5. The Labute approximate surface area is 221 Å². The first-order valence-electron chi connectivity index (χ1n) is 12.3. The molecule has 0 saturated carbocycles. The third kappa shape index (κ3) is 8.81. The minimum Gasteiger partial charge on any atom is -0.497 e. The molecule has 0 aliphatic heterocycles. The third-order valence-corrected chi connectivity index (χ3v) is 5.75. The summed E-state index contributed by atoms with van der Waals surface area (Å²) in [6, 6.07) is 18.6. The molecule has 3 N–H and O–H groups in total. The summed E-state index contributed by atoms with van der Waals surface area (Å²) >= 11 is 0. The van der Waals surface area contributed by atoms with Crippen LogP contribution in [-0.4, -0.2) is 41.8 Å². The van der Waals surface area contributed by atoms with Crippen LogP contribution < -0.4 is 14.8 Å². The second kappa shape index (κ2) is 14.2. The van der Waals surface area contributed by atoms with Crippen molar-refractivity contribution in [2.24, 2.45) is 0 Å². The van der Waals surface area contributed by atoms with Crippen molar-refractivity contribution in [1.29, 1.82) is 0 Å². The molecule has 0 bridgehead atoms. The first-order valence-corrected chi connectivity index (χ1v) is 12.3. The van der Waals surface area contributed by atoms with Gasteiger partial charge in [0.25, 0.3) is 5.91 Å². The molecule has 0 unspecified atom stereocenters. The van der Waals surface area contributed by atoms with Gasteiger partial charge >= 0.3 is 11.9 Å². The second-order valence-electron chi connectivity index (χ2n) is 8.58. The summed E-state index contributed by atoms with van der Waals surface area (Å²) in [4.78, 5) is 35.0. The number of carbonyl (C=O) groups excluding carboxylic acids is 1. The van der Waals surface area contributed by atoms with Crippen LogP contribution in [0.1, 0.15) is 57.5 Å². The Morgan fingerprint density at radius 2 is 1.68 bits per heavy atom. The largest absolute Gasteiger partial charge is 0.497 e. The van der Waals surface area contributed by atoms with Gasteiger partial charge in [-0.15, -0.1) is 0 Å². The molecular formula is C30H31NO7. The van der Waals surface area contributed by atoms with E-state index in [0.717, 1.165) is 30.6 Å². The molecule has 0 aliphatic rings. The van der Waals surface area contributed by atoms with Crippen molar-refractivity contribution in [2.45, 2.75) is 32.1 Å². The number of unbranched alkanes of at least 4 members (excludes halogenated alkanes) is 2. The van der Waals surface area contributed by atoms with Gasteiger partial charge in [-0.05, 0) is 85.3 Å². The highest BCUT2D eigenvalue weighted by Gasteiger charge is 2.13. The lowest BCUT2D eigenvalue weighted by Crippen LogP contribution is -2.13. The zero-order valence-electron chi connectivity index (χ0n) is 21.2. The minimum absolute atomic E-state index is 0.0137. The van der Waals surface area contributed by atoms with E-state index < -0.39 is 17.8 Å². The molecule has 3 rings (SSSR count). The quantitative estimate of drug-likeness (QED) is 0.227. The van der Waals surface area contributed by atoms with Gasteiger partial charge in [0.1, 0.15) is 11.5 Å². The van der Waals surface area contributed by atoms with Gasteiger partial charge in [0, 0.05) is 17.7 Å². The lowest BCUT2D eigenvalue weighted by Gasteiger charge is -2.14. The fourth-order valence-corrected chi connectivity index (χ4v) is 3.71. The van der Waals surface area contributed by atoms with E-state index in [1.54, 1.807) is 25.3 Å². The zero-order chi connectivity index (χ0) is 27.3. The topological polar surface area (TPSA) is 122 Å². The number of amides is 1. The molecule has 0 aliphatic carbocycles. The molecule has 0 heterocycles. The molecule has 0 radical (unpaired) electrons. The van der Waals surface area contributed by atoms with Gasteiger partial charge < -0.3 is 25.0 Å². The fraction of sp³-hybridized carbons (Fsp3) is 0.233. The number of nitrogens with one attached hydrogen (secondary N) is 1. The molecule has 38 heavy (non-hydrogen) atoms. The molecule has 8 heteroatoms. The van der Waals surface area contributed by atoms with Crippen molar-refractivity contribution in [1.82, 2.24) is 0 Å². The van der Waals surface area contributed by atoms with Crippen LogP contribution in [0, 0.1) is 0 Å². The van der Waals surface area contributed by atoms with E-state index in [2.05, 4.69) is 17.5 Å². The number of allylic oxidation sites excluding steroid dienone is 1. The molecule has 0 spiro atoms. The number of ether oxygens (including phenoxy) is 2. The van der Waals surface area contributed by atoms with Gasteiger partial charge in [-0.25, -0.2) is 4.79 Å². The van der Waals surface area contributed by atoms with E-state index in [1.165, 1.54) is 24.3 Å². The molecule has 0 aromatic heterocycles. The van der Waals surface area contributed by atoms with E-state index in [0.29, 0.717) is 23.6 Å². The molecule has 198 valence electrons. The molecule has 3 aromatic carbocycles. The van der Waals surface area contributed by atoms with E-state index in [4.69, 9.17) is 19.7 Å². The number of carbonyl (C=O) groups is 3. The molecule has 0 atom stereocenters. The van der Waals surface area contributed by atoms with Crippen LogP contribution in [0.2, 0.25) is 0 Å². The predicted octanol–water partition coefficient (Wildman–Crippen LogP) is 5.93. The van der Waals surface area contributed by atoms with Gasteiger partial charge in [0.15, 0.2) is 0 Å². The number of anilines is 1. The summed E-state index contributed by atoms with van der Waals surface area (Å²) in [5, 5.41) is 21.0. The predicted molar refractivity (Wildman–Crippen MR) is 145 cm³/mol. The molecule has 3 aromatic rings. The number of aryl methyl sites for hydroxylation is 1. The Kier molecular flexibility index (Phi) is 10.5. The number of hydrogen-bond acceptors (Lipinski definition) is 5. The van der Waals surface area contributed by atoms with Crippen LogP contribution in [0.5, 0.6) is 11.5 Å². The van der Waals surface area contributed by atoms with Gasteiger partial charge in [-0.2, -0.15) is 0 Å². The van der Waals surface area contributed by atoms with E-state index in [9.17, 15) is 14.4 Å². The summed E-state index contributed by atoms with van der Waals surface area (Å²) in [5.41, 5.74) is 2.46. The molecule has 0 fully saturated rings. The number of carboxylic acid groups (broad SMARTS) is 2. The highest BCUT2D eigenvalue weighted by molar-refractivity contribution is 6.05. The molecule has 0 saturated heterocycles. The number of aliphatic carboxylic acids is 1. The number of methoxy groups -OCH3 is 1. The van der Waals surface area contributed by atoms with Crippen LogP contribution in [-0.2, 0) is 11.2 Å². The Balaban J connectivity index is 1.55. The van der Waals surface area contributed by atoms with Gasteiger partial charge in [-0.3, -0.25) is 9.59 Å². The Hall–Kier alpha value is -4.59. The first kappa shape index (κ1) is 28.0. The van der Waals surface area contributed by atoms with E-state index >= 15 is 0 Å². The van der Waals surface area contributed by atoms with Crippen LogP contribution >= 0.6 is 0 Å². The molecular weight excluding hydrogens is 486 g/mol. The average Bonchev–Trinajstić information content (AvgIpc) is 2.92. The summed E-state index contributed by atoms with van der Waals surface area (Å²) in [6.45, 7) is 0.476. The fourth-order valence-electron chi connectivity index (χ4n) is 3.71. The smallest absolute Gasteiger partial charge is 0.335 e. The number of benzene rings is 3. The van der Waals surface area contributed by atoms with Crippen molar-refractivity contribution in [2.75, 3.05) is 19.0 Å². The Morgan fingerprint density at radius 1 is 0.921 bits per heavy atom. The van der Waals surface area contributed by atoms with Crippen LogP contribution in [0.15, 0.2) is 72.8 Å². The monoisotopic (exact) mass is 517 g/mol. The van der Waals surface area contributed by atoms with Gasteiger partial charge in [0.05, 0.1) is 19.3 Å². The maximum absolute atomic E-state index is 12.6. The van der Waals surface area contributed by atoms with Crippen LogP contribution in [0.25, 0.3) is 6.08 Å². The lowest BCUT2D eigenvalue weighted by atomic mass is 10.1. The summed E-state index contributed by atoms with van der Waals surface area (Å²) < 4.78 is 11.1. The normalized spacial score (nSPS) is 10.8.